The van der Waals surface area contributed by atoms with Crippen molar-refractivity contribution >= 4 is 37.4 Å². The monoisotopic (exact) mass is 393 g/mol. The molecule has 0 radical (unpaired) electrons. The van der Waals surface area contributed by atoms with Gasteiger partial charge in [-0.3, -0.25) is 0 Å². The topological polar surface area (TPSA) is 108 Å². The molecule has 3 aromatic rings. The zero-order chi connectivity index (χ0) is 19.1. The van der Waals surface area contributed by atoms with Crippen LogP contribution in [0.4, 0.5) is 0 Å². The molecule has 0 unspecified atom stereocenters. The second-order valence-electron chi connectivity index (χ2n) is 5.44. The van der Waals surface area contributed by atoms with E-state index in [1.807, 2.05) is 6.92 Å². The van der Waals surface area contributed by atoms with Crippen molar-refractivity contribution in [1.82, 2.24) is 15.0 Å². The lowest BCUT2D eigenvalue weighted by atomic mass is 10.1. The Morgan fingerprint density at radius 1 is 1.19 bits per heavy atom. The van der Waals surface area contributed by atoms with Gasteiger partial charge >= 0.3 is 5.97 Å². The van der Waals surface area contributed by atoms with Crippen LogP contribution in [0.5, 0.6) is 5.88 Å². The van der Waals surface area contributed by atoms with E-state index < -0.39 is 15.8 Å². The van der Waals surface area contributed by atoms with Crippen LogP contribution in [0, 0.1) is 6.92 Å². The van der Waals surface area contributed by atoms with Crippen LogP contribution in [0.3, 0.4) is 0 Å². The Balaban J connectivity index is 2.42. The van der Waals surface area contributed by atoms with Crippen LogP contribution in [0.15, 0.2) is 23.5 Å². The first-order chi connectivity index (χ1) is 12.3. The fraction of sp³-hybridized carbons (Fsp3) is 0.250. The molecular formula is C16H15N3O5S2. The molecule has 0 aliphatic rings. The van der Waals surface area contributed by atoms with Gasteiger partial charge in [-0.05, 0) is 19.1 Å². The van der Waals surface area contributed by atoms with Gasteiger partial charge in [-0.1, -0.05) is 0 Å². The highest BCUT2D eigenvalue weighted by atomic mass is 32.2. The number of esters is 1. The molecule has 0 fully saturated rings. The molecule has 26 heavy (non-hydrogen) atoms. The third kappa shape index (κ3) is 3.13. The van der Waals surface area contributed by atoms with E-state index in [4.69, 9.17) is 9.47 Å². The number of carbonyl (C=O) groups excluding carboxylic acids is 1. The molecule has 8 nitrogen and oxygen atoms in total. The molecule has 3 rings (SSSR count). The maximum absolute atomic E-state index is 12.3. The van der Waals surface area contributed by atoms with Gasteiger partial charge in [0.05, 0.1) is 24.4 Å². The van der Waals surface area contributed by atoms with Gasteiger partial charge in [0.1, 0.15) is 4.88 Å². The van der Waals surface area contributed by atoms with Crippen LogP contribution in [-0.4, -0.2) is 49.8 Å². The minimum absolute atomic E-state index is 0.270. The molecule has 0 bridgehead atoms. The highest BCUT2D eigenvalue weighted by Crippen LogP contribution is 2.41. The number of aryl methyl sites for hydroxylation is 1. The first kappa shape index (κ1) is 18.2. The first-order valence-electron chi connectivity index (χ1n) is 7.36. The van der Waals surface area contributed by atoms with Crippen molar-refractivity contribution in [2.45, 2.75) is 12.1 Å². The molecule has 10 heteroatoms. The smallest absolute Gasteiger partial charge is 0.348 e. The molecule has 0 aliphatic heterocycles. The molecule has 0 spiro atoms. The number of aromatic nitrogens is 3. The zero-order valence-corrected chi connectivity index (χ0v) is 16.1. The molecule has 0 amide bonds. The second-order valence-corrected chi connectivity index (χ2v) is 8.41. The van der Waals surface area contributed by atoms with Crippen molar-refractivity contribution < 1.29 is 22.7 Å². The van der Waals surface area contributed by atoms with Gasteiger partial charge in [0, 0.05) is 29.3 Å². The molecular weight excluding hydrogens is 378 g/mol. The van der Waals surface area contributed by atoms with Crippen molar-refractivity contribution in [3.63, 3.8) is 0 Å². The van der Waals surface area contributed by atoms with E-state index >= 15 is 0 Å². The van der Waals surface area contributed by atoms with E-state index in [0.717, 1.165) is 23.3 Å². The van der Waals surface area contributed by atoms with Crippen molar-refractivity contribution in [3.8, 4) is 17.0 Å². The van der Waals surface area contributed by atoms with Gasteiger partial charge in [0.15, 0.2) is 0 Å². The van der Waals surface area contributed by atoms with Crippen LogP contribution in [-0.2, 0) is 14.6 Å². The Hall–Kier alpha value is -2.59. The molecule has 0 atom stereocenters. The number of sulfone groups is 1. The number of pyridine rings is 1. The summed E-state index contributed by atoms with van der Waals surface area (Å²) in [5.41, 5.74) is 1.99. The molecule has 0 saturated heterocycles. The van der Waals surface area contributed by atoms with Crippen molar-refractivity contribution in [3.05, 3.63) is 28.9 Å². The van der Waals surface area contributed by atoms with Gasteiger partial charge in [0.2, 0.25) is 20.9 Å². The fourth-order valence-corrected chi connectivity index (χ4v) is 3.97. The van der Waals surface area contributed by atoms with E-state index in [1.54, 1.807) is 12.1 Å². The predicted molar refractivity (Wildman–Crippen MR) is 96.4 cm³/mol. The summed E-state index contributed by atoms with van der Waals surface area (Å²) in [5, 5.41) is -0.320. The molecule has 136 valence electrons. The summed E-state index contributed by atoms with van der Waals surface area (Å²) in [7, 11) is -0.873. The van der Waals surface area contributed by atoms with E-state index in [2.05, 4.69) is 15.0 Å². The standard InChI is InChI=1S/C16H15N3O5S2/c1-8-5-6-9(14(18-8)23-2)11-12-10(25-13(11)15(20)24-3)7-17-16(19-12)26(4,21)22/h5-7H,1-4H3. The normalized spacial score (nSPS) is 11.5. The van der Waals surface area contributed by atoms with E-state index in [0.29, 0.717) is 27.2 Å². The van der Waals surface area contributed by atoms with Crippen LogP contribution >= 0.6 is 11.3 Å². The lowest BCUT2D eigenvalue weighted by molar-refractivity contribution is 0.0607. The summed E-state index contributed by atoms with van der Waals surface area (Å²) in [6, 6.07) is 3.51. The average Bonchev–Trinajstić information content (AvgIpc) is 2.98. The number of fused-ring (bicyclic) bond motifs is 1. The SMILES string of the molecule is COC(=O)c1sc2cnc(S(C)(=O)=O)nc2c1-c1ccc(C)nc1OC. The number of rotatable bonds is 4. The van der Waals surface area contributed by atoms with Crippen LogP contribution in [0.25, 0.3) is 21.3 Å². The zero-order valence-electron chi connectivity index (χ0n) is 14.4. The summed E-state index contributed by atoms with van der Waals surface area (Å²) in [5.74, 6) is -0.263. The summed E-state index contributed by atoms with van der Waals surface area (Å²) in [6.07, 6.45) is 2.41. The second kappa shape index (κ2) is 6.61. The maximum atomic E-state index is 12.3. The van der Waals surface area contributed by atoms with Gasteiger partial charge in [-0.25, -0.2) is 28.2 Å². The number of methoxy groups -OCH3 is 2. The number of carbonyl (C=O) groups is 1. The Labute approximate surface area is 153 Å². The summed E-state index contributed by atoms with van der Waals surface area (Å²) >= 11 is 1.12. The largest absolute Gasteiger partial charge is 0.481 e. The summed E-state index contributed by atoms with van der Waals surface area (Å²) in [6.45, 7) is 1.81. The minimum Gasteiger partial charge on any atom is -0.481 e. The molecule has 0 N–H and O–H groups in total. The molecule has 0 aromatic carbocycles. The highest BCUT2D eigenvalue weighted by molar-refractivity contribution is 7.90. The molecule has 3 aromatic heterocycles. The van der Waals surface area contributed by atoms with Gasteiger partial charge in [0.25, 0.3) is 0 Å². The Morgan fingerprint density at radius 3 is 2.54 bits per heavy atom. The van der Waals surface area contributed by atoms with E-state index in [1.165, 1.54) is 20.4 Å². The summed E-state index contributed by atoms with van der Waals surface area (Å²) < 4.78 is 34.4. The Bertz CT molecular complexity index is 1120. The fourth-order valence-electron chi connectivity index (χ4n) is 2.42. The molecule has 0 saturated carbocycles. The van der Waals surface area contributed by atoms with E-state index in [-0.39, 0.29) is 10.0 Å². The van der Waals surface area contributed by atoms with Crippen molar-refractivity contribution in [2.75, 3.05) is 20.5 Å². The number of hydrogen-bond acceptors (Lipinski definition) is 9. The number of ether oxygens (including phenoxy) is 2. The third-order valence-electron chi connectivity index (χ3n) is 3.57. The maximum Gasteiger partial charge on any atom is 0.348 e. The Morgan fingerprint density at radius 2 is 1.92 bits per heavy atom. The lowest BCUT2D eigenvalue weighted by Gasteiger charge is -2.09. The number of thiophene rings is 1. The average molecular weight is 393 g/mol. The van der Waals surface area contributed by atoms with Crippen molar-refractivity contribution in [1.29, 1.82) is 0 Å². The van der Waals surface area contributed by atoms with Gasteiger partial charge < -0.3 is 9.47 Å². The lowest BCUT2D eigenvalue weighted by Crippen LogP contribution is -2.04. The van der Waals surface area contributed by atoms with Crippen LogP contribution in [0.1, 0.15) is 15.4 Å². The first-order valence-corrected chi connectivity index (χ1v) is 10.1. The van der Waals surface area contributed by atoms with Gasteiger partial charge in [-0.2, -0.15) is 0 Å². The van der Waals surface area contributed by atoms with Crippen molar-refractivity contribution in [2.24, 2.45) is 0 Å². The quantitative estimate of drug-likeness (QED) is 0.490. The predicted octanol–water partition coefficient (Wildman–Crippen LogP) is 2.26. The minimum atomic E-state index is -3.61. The van der Waals surface area contributed by atoms with E-state index in [9.17, 15) is 13.2 Å². The third-order valence-corrected chi connectivity index (χ3v) is 5.53. The van der Waals surface area contributed by atoms with Crippen LogP contribution < -0.4 is 4.74 Å². The highest BCUT2D eigenvalue weighted by Gasteiger charge is 2.26. The Kier molecular flexibility index (Phi) is 4.63. The molecule has 3 heterocycles. The number of nitrogens with zero attached hydrogens (tertiary/aromatic N) is 3. The summed E-state index contributed by atoms with van der Waals surface area (Å²) in [4.78, 5) is 24.9. The molecule has 0 aliphatic carbocycles. The van der Waals surface area contributed by atoms with Crippen LogP contribution in [0.2, 0.25) is 0 Å². The number of hydrogen-bond donors (Lipinski definition) is 0. The van der Waals surface area contributed by atoms with Gasteiger partial charge in [-0.15, -0.1) is 11.3 Å².